The molecule has 0 aliphatic carbocycles. The molecule has 1 aromatic heterocycles. The first-order valence-corrected chi connectivity index (χ1v) is 8.09. The maximum Gasteiger partial charge on any atom is 0.194 e. The van der Waals surface area contributed by atoms with Crippen LogP contribution in [0.25, 0.3) is 0 Å². The number of nitrogens with zero attached hydrogens (tertiary/aromatic N) is 5. The first-order chi connectivity index (χ1) is 9.61. The third kappa shape index (κ3) is 6.01. The van der Waals surface area contributed by atoms with Gasteiger partial charge in [0.1, 0.15) is 12.7 Å². The van der Waals surface area contributed by atoms with Crippen LogP contribution < -0.4 is 5.32 Å². The fourth-order valence-corrected chi connectivity index (χ4v) is 3.34. The molecule has 0 unspecified atom stereocenters. The first-order valence-electron chi connectivity index (χ1n) is 7.10. The van der Waals surface area contributed by atoms with Gasteiger partial charge < -0.3 is 10.2 Å². The van der Waals surface area contributed by atoms with Crippen molar-refractivity contribution in [2.24, 2.45) is 4.99 Å². The second-order valence-electron chi connectivity index (χ2n) is 5.42. The van der Waals surface area contributed by atoms with Crippen molar-refractivity contribution in [2.75, 3.05) is 31.9 Å². The third-order valence-corrected chi connectivity index (χ3v) is 4.41. The van der Waals surface area contributed by atoms with Gasteiger partial charge in [0.2, 0.25) is 0 Å². The minimum atomic E-state index is 0. The van der Waals surface area contributed by atoms with E-state index in [9.17, 15) is 0 Å². The number of aromatic nitrogens is 3. The summed E-state index contributed by atoms with van der Waals surface area (Å²) >= 11 is 2.03. The maximum absolute atomic E-state index is 4.71. The highest BCUT2D eigenvalue weighted by molar-refractivity contribution is 14.0. The van der Waals surface area contributed by atoms with Crippen LogP contribution in [-0.4, -0.2) is 62.3 Å². The molecule has 0 spiro atoms. The lowest BCUT2D eigenvalue weighted by Gasteiger charge is -2.39. The van der Waals surface area contributed by atoms with Gasteiger partial charge >= 0.3 is 0 Å². The van der Waals surface area contributed by atoms with Gasteiger partial charge in [-0.3, -0.25) is 9.67 Å². The van der Waals surface area contributed by atoms with Crippen molar-refractivity contribution in [1.82, 2.24) is 25.0 Å². The minimum absolute atomic E-state index is 0. The van der Waals surface area contributed by atoms with E-state index in [4.69, 9.17) is 4.99 Å². The summed E-state index contributed by atoms with van der Waals surface area (Å²) in [5.74, 6) is 2.17. The van der Waals surface area contributed by atoms with Crippen molar-refractivity contribution in [1.29, 1.82) is 0 Å². The highest BCUT2D eigenvalue weighted by Crippen LogP contribution is 2.29. The molecule has 0 atom stereocenters. The topological polar surface area (TPSA) is 58.3 Å². The van der Waals surface area contributed by atoms with E-state index in [1.165, 1.54) is 0 Å². The summed E-state index contributed by atoms with van der Waals surface area (Å²) in [5.41, 5.74) is 0. The second-order valence-corrected chi connectivity index (χ2v) is 7.23. The van der Waals surface area contributed by atoms with E-state index in [1.54, 1.807) is 12.7 Å². The van der Waals surface area contributed by atoms with Crippen LogP contribution in [0, 0.1) is 0 Å². The fraction of sp³-hybridized carbons (Fsp3) is 0.769. The van der Waals surface area contributed by atoms with E-state index in [-0.39, 0.29) is 24.0 Å². The molecule has 2 heterocycles. The molecule has 0 saturated carbocycles. The van der Waals surface area contributed by atoms with Gasteiger partial charge in [-0.1, -0.05) is 0 Å². The minimum Gasteiger partial charge on any atom is -0.357 e. The molecular weight excluding hydrogens is 399 g/mol. The van der Waals surface area contributed by atoms with Crippen LogP contribution in [0.2, 0.25) is 0 Å². The zero-order valence-corrected chi connectivity index (χ0v) is 16.1. The number of hydrogen-bond donors (Lipinski definition) is 1. The number of thioether (sulfide) groups is 1. The fourth-order valence-electron chi connectivity index (χ4n) is 2.23. The Labute approximate surface area is 148 Å². The molecule has 1 saturated heterocycles. The van der Waals surface area contributed by atoms with E-state index in [2.05, 4.69) is 41.1 Å². The summed E-state index contributed by atoms with van der Waals surface area (Å²) in [4.78, 5) is 11.0. The average Bonchev–Trinajstić information content (AvgIpc) is 2.90. The van der Waals surface area contributed by atoms with E-state index >= 15 is 0 Å². The monoisotopic (exact) mass is 424 g/mol. The van der Waals surface area contributed by atoms with Crippen LogP contribution in [0.3, 0.4) is 0 Å². The van der Waals surface area contributed by atoms with Crippen LogP contribution in [-0.2, 0) is 6.54 Å². The molecule has 0 bridgehead atoms. The summed E-state index contributed by atoms with van der Waals surface area (Å²) in [6, 6.07) is 0. The summed E-state index contributed by atoms with van der Waals surface area (Å²) in [5, 5.41) is 7.49. The van der Waals surface area contributed by atoms with Crippen LogP contribution in [0.1, 0.15) is 20.8 Å². The van der Waals surface area contributed by atoms with Gasteiger partial charge in [0, 0.05) is 30.1 Å². The molecule has 1 aliphatic heterocycles. The lowest BCUT2D eigenvalue weighted by molar-refractivity contribution is 0.375. The quantitative estimate of drug-likeness (QED) is 0.453. The van der Waals surface area contributed by atoms with Gasteiger partial charge in [0.05, 0.1) is 13.1 Å². The van der Waals surface area contributed by atoms with Crippen molar-refractivity contribution in [2.45, 2.75) is 32.1 Å². The van der Waals surface area contributed by atoms with Crippen LogP contribution in [0.15, 0.2) is 17.6 Å². The number of hydrogen-bond acceptors (Lipinski definition) is 4. The zero-order chi connectivity index (χ0) is 14.4. The van der Waals surface area contributed by atoms with E-state index in [0.29, 0.717) is 4.75 Å². The number of guanidine groups is 1. The normalized spacial score (nSPS) is 18.2. The Hall–Kier alpha value is -0.510. The molecule has 0 radical (unpaired) electrons. The maximum atomic E-state index is 4.71. The molecule has 2 rings (SSSR count). The van der Waals surface area contributed by atoms with Crippen molar-refractivity contribution in [3.05, 3.63) is 12.7 Å². The van der Waals surface area contributed by atoms with Gasteiger partial charge in [-0.2, -0.15) is 16.9 Å². The SMILES string of the molecule is CCNC(=NCCn1cncn1)N1CCSC(C)(C)C1.I. The van der Waals surface area contributed by atoms with Gasteiger partial charge in [-0.25, -0.2) is 4.98 Å². The van der Waals surface area contributed by atoms with Crippen molar-refractivity contribution >= 4 is 41.7 Å². The summed E-state index contributed by atoms with van der Waals surface area (Å²) in [7, 11) is 0. The molecule has 1 fully saturated rings. The van der Waals surface area contributed by atoms with E-state index in [1.807, 2.05) is 16.4 Å². The number of nitrogens with one attached hydrogen (secondary N) is 1. The van der Waals surface area contributed by atoms with Crippen molar-refractivity contribution in [3.63, 3.8) is 0 Å². The van der Waals surface area contributed by atoms with Gasteiger partial charge in [-0.15, -0.1) is 24.0 Å². The Morgan fingerprint density at radius 2 is 2.29 bits per heavy atom. The highest BCUT2D eigenvalue weighted by atomic mass is 127. The lowest BCUT2D eigenvalue weighted by atomic mass is 10.2. The van der Waals surface area contributed by atoms with Crippen LogP contribution in [0.4, 0.5) is 0 Å². The Bertz CT molecular complexity index is 434. The number of rotatable bonds is 4. The summed E-state index contributed by atoms with van der Waals surface area (Å²) < 4.78 is 2.10. The average molecular weight is 424 g/mol. The smallest absolute Gasteiger partial charge is 0.194 e. The van der Waals surface area contributed by atoms with Gasteiger partial charge in [-0.05, 0) is 20.8 Å². The third-order valence-electron chi connectivity index (χ3n) is 3.12. The summed E-state index contributed by atoms with van der Waals surface area (Å²) in [6.07, 6.45) is 3.28. The van der Waals surface area contributed by atoms with Crippen LogP contribution >= 0.6 is 35.7 Å². The lowest BCUT2D eigenvalue weighted by Crippen LogP contribution is -2.51. The first kappa shape index (κ1) is 18.5. The predicted octanol–water partition coefficient (Wildman–Crippen LogP) is 1.69. The highest BCUT2D eigenvalue weighted by Gasteiger charge is 2.28. The van der Waals surface area contributed by atoms with Gasteiger partial charge in [0.25, 0.3) is 0 Å². The molecular formula is C13H25IN6S. The largest absolute Gasteiger partial charge is 0.357 e. The zero-order valence-electron chi connectivity index (χ0n) is 12.9. The van der Waals surface area contributed by atoms with Crippen molar-refractivity contribution in [3.8, 4) is 0 Å². The van der Waals surface area contributed by atoms with E-state index in [0.717, 1.165) is 44.4 Å². The van der Waals surface area contributed by atoms with Crippen LogP contribution in [0.5, 0.6) is 0 Å². The Morgan fingerprint density at radius 1 is 1.48 bits per heavy atom. The molecule has 1 N–H and O–H groups in total. The molecule has 21 heavy (non-hydrogen) atoms. The molecule has 120 valence electrons. The molecule has 8 heteroatoms. The Balaban J connectivity index is 0.00000220. The molecule has 1 aliphatic rings. The predicted molar refractivity (Wildman–Crippen MR) is 99.5 cm³/mol. The molecule has 1 aromatic rings. The van der Waals surface area contributed by atoms with E-state index < -0.39 is 0 Å². The standard InChI is InChI=1S/C13H24N6S.HI/c1-4-15-12(16-5-6-19-11-14-10-17-19)18-7-8-20-13(2,3)9-18;/h10-11H,4-9H2,1-3H3,(H,15,16);1H. The summed E-state index contributed by atoms with van der Waals surface area (Å²) in [6.45, 7) is 11.2. The second kappa shape index (κ2) is 8.82. The Morgan fingerprint density at radius 3 is 2.90 bits per heavy atom. The number of halogens is 1. The van der Waals surface area contributed by atoms with Crippen molar-refractivity contribution < 1.29 is 0 Å². The van der Waals surface area contributed by atoms with Gasteiger partial charge in [0.15, 0.2) is 5.96 Å². The molecule has 6 nitrogen and oxygen atoms in total. The Kier molecular flexibility index (Phi) is 7.78. The molecule has 0 aromatic carbocycles. The number of aliphatic imine (C=N–C) groups is 1. The molecule has 0 amide bonds.